The van der Waals surface area contributed by atoms with Crippen molar-refractivity contribution in [3.63, 3.8) is 0 Å². The zero-order chi connectivity index (χ0) is 13.4. The van der Waals surface area contributed by atoms with E-state index in [-0.39, 0.29) is 5.91 Å². The number of likely N-dealkylation sites (N-methyl/N-ethyl adjacent to an activating group) is 1. The highest BCUT2D eigenvalue weighted by molar-refractivity contribution is 5.78. The first kappa shape index (κ1) is 15.4. The summed E-state index contributed by atoms with van der Waals surface area (Å²) in [5.41, 5.74) is 0. The van der Waals surface area contributed by atoms with Crippen molar-refractivity contribution >= 4 is 5.91 Å². The predicted octanol–water partition coefficient (Wildman–Crippen LogP) is 1.32. The standard InChI is InChI=1S/C14H29N3O/c1-4-9-15-13-8-7-10-16(11-13)12-14(18)17(5-2)6-3/h13,15H,4-12H2,1-3H3. The van der Waals surface area contributed by atoms with E-state index in [0.29, 0.717) is 12.6 Å². The molecule has 4 nitrogen and oxygen atoms in total. The molecule has 1 amide bonds. The van der Waals surface area contributed by atoms with E-state index < -0.39 is 0 Å². The molecule has 106 valence electrons. The van der Waals surface area contributed by atoms with E-state index in [4.69, 9.17) is 0 Å². The van der Waals surface area contributed by atoms with Crippen molar-refractivity contribution in [2.75, 3.05) is 39.3 Å². The number of rotatable bonds is 7. The van der Waals surface area contributed by atoms with Crippen LogP contribution < -0.4 is 5.32 Å². The summed E-state index contributed by atoms with van der Waals surface area (Å²) in [5.74, 6) is 0.274. The molecule has 1 unspecified atom stereocenters. The van der Waals surface area contributed by atoms with Crippen LogP contribution in [0.5, 0.6) is 0 Å². The summed E-state index contributed by atoms with van der Waals surface area (Å²) in [6, 6.07) is 0.572. The fraction of sp³-hybridized carbons (Fsp3) is 0.929. The van der Waals surface area contributed by atoms with Crippen molar-refractivity contribution in [2.45, 2.75) is 46.1 Å². The van der Waals surface area contributed by atoms with Crippen molar-refractivity contribution in [1.29, 1.82) is 0 Å². The lowest BCUT2D eigenvalue weighted by Gasteiger charge is -2.34. The summed E-state index contributed by atoms with van der Waals surface area (Å²) in [7, 11) is 0. The van der Waals surface area contributed by atoms with Crippen molar-refractivity contribution in [3.05, 3.63) is 0 Å². The third-order valence-electron chi connectivity index (χ3n) is 3.66. The van der Waals surface area contributed by atoms with Gasteiger partial charge in [-0.2, -0.15) is 0 Å². The van der Waals surface area contributed by atoms with Gasteiger partial charge in [0.1, 0.15) is 0 Å². The topological polar surface area (TPSA) is 35.6 Å². The number of piperidine rings is 1. The highest BCUT2D eigenvalue weighted by Crippen LogP contribution is 2.10. The number of nitrogens with one attached hydrogen (secondary N) is 1. The molecule has 1 heterocycles. The van der Waals surface area contributed by atoms with Gasteiger partial charge in [-0.05, 0) is 46.2 Å². The van der Waals surface area contributed by atoms with Crippen LogP contribution in [0, 0.1) is 0 Å². The molecule has 4 heteroatoms. The number of nitrogens with zero attached hydrogens (tertiary/aromatic N) is 2. The van der Waals surface area contributed by atoms with E-state index in [0.717, 1.165) is 32.7 Å². The summed E-state index contributed by atoms with van der Waals surface area (Å²) in [6.07, 6.45) is 3.62. The Hall–Kier alpha value is -0.610. The van der Waals surface area contributed by atoms with Gasteiger partial charge < -0.3 is 10.2 Å². The zero-order valence-corrected chi connectivity index (χ0v) is 12.2. The Morgan fingerprint density at radius 1 is 1.33 bits per heavy atom. The molecule has 1 saturated heterocycles. The van der Waals surface area contributed by atoms with Gasteiger partial charge in [0.15, 0.2) is 0 Å². The number of amides is 1. The van der Waals surface area contributed by atoms with Gasteiger partial charge in [0, 0.05) is 25.7 Å². The average Bonchev–Trinajstić information content (AvgIpc) is 2.38. The van der Waals surface area contributed by atoms with Gasteiger partial charge >= 0.3 is 0 Å². The Kier molecular flexibility index (Phi) is 7.28. The van der Waals surface area contributed by atoms with Crippen LogP contribution in [-0.2, 0) is 4.79 Å². The lowest BCUT2D eigenvalue weighted by molar-refractivity contribution is -0.132. The maximum atomic E-state index is 12.1. The first-order chi connectivity index (χ1) is 8.71. The molecule has 1 aliphatic heterocycles. The number of hydrogen-bond acceptors (Lipinski definition) is 3. The van der Waals surface area contributed by atoms with Crippen molar-refractivity contribution in [2.24, 2.45) is 0 Å². The summed E-state index contributed by atoms with van der Waals surface area (Å²) in [4.78, 5) is 16.3. The lowest BCUT2D eigenvalue weighted by atomic mass is 10.1. The largest absolute Gasteiger partial charge is 0.342 e. The maximum absolute atomic E-state index is 12.1. The molecule has 1 aliphatic rings. The molecular formula is C14H29N3O. The first-order valence-corrected chi connectivity index (χ1v) is 7.44. The summed E-state index contributed by atoms with van der Waals surface area (Å²) >= 11 is 0. The van der Waals surface area contributed by atoms with Crippen LogP contribution in [0.15, 0.2) is 0 Å². The normalized spacial score (nSPS) is 20.9. The van der Waals surface area contributed by atoms with Crippen LogP contribution >= 0.6 is 0 Å². The number of likely N-dealkylation sites (tertiary alicyclic amines) is 1. The Bertz CT molecular complexity index is 241. The van der Waals surface area contributed by atoms with Crippen LogP contribution in [0.4, 0.5) is 0 Å². The van der Waals surface area contributed by atoms with Crippen LogP contribution in [0.1, 0.15) is 40.0 Å². The molecule has 18 heavy (non-hydrogen) atoms. The highest BCUT2D eigenvalue weighted by atomic mass is 16.2. The smallest absolute Gasteiger partial charge is 0.236 e. The lowest BCUT2D eigenvalue weighted by Crippen LogP contribution is -2.49. The monoisotopic (exact) mass is 255 g/mol. The van der Waals surface area contributed by atoms with E-state index in [9.17, 15) is 4.79 Å². The third kappa shape index (κ3) is 4.94. The molecule has 1 fully saturated rings. The molecule has 0 saturated carbocycles. The fourth-order valence-electron chi connectivity index (χ4n) is 2.58. The molecule has 0 bridgehead atoms. The molecule has 0 aromatic heterocycles. The van der Waals surface area contributed by atoms with Crippen LogP contribution in [-0.4, -0.2) is 61.0 Å². The van der Waals surface area contributed by atoms with Gasteiger partial charge in [0.05, 0.1) is 6.54 Å². The summed E-state index contributed by atoms with van der Waals surface area (Å²) in [5, 5.41) is 3.57. The van der Waals surface area contributed by atoms with E-state index in [1.165, 1.54) is 19.3 Å². The Labute approximate surface area is 112 Å². The maximum Gasteiger partial charge on any atom is 0.236 e. The Balaban J connectivity index is 2.35. The minimum atomic E-state index is 0.274. The van der Waals surface area contributed by atoms with Gasteiger partial charge in [-0.25, -0.2) is 0 Å². The van der Waals surface area contributed by atoms with Gasteiger partial charge in [-0.15, -0.1) is 0 Å². The third-order valence-corrected chi connectivity index (χ3v) is 3.66. The van der Waals surface area contributed by atoms with Crippen molar-refractivity contribution in [3.8, 4) is 0 Å². The molecule has 0 aromatic rings. The summed E-state index contributed by atoms with van der Waals surface area (Å²) < 4.78 is 0. The van der Waals surface area contributed by atoms with E-state index in [2.05, 4.69) is 17.1 Å². The predicted molar refractivity (Wildman–Crippen MR) is 75.7 cm³/mol. The van der Waals surface area contributed by atoms with Gasteiger partial charge in [0.25, 0.3) is 0 Å². The van der Waals surface area contributed by atoms with Gasteiger partial charge in [-0.1, -0.05) is 6.92 Å². The number of carbonyl (C=O) groups excluding carboxylic acids is 1. The number of carbonyl (C=O) groups is 1. The van der Waals surface area contributed by atoms with Crippen LogP contribution in [0.2, 0.25) is 0 Å². The molecule has 0 aliphatic carbocycles. The Morgan fingerprint density at radius 3 is 2.67 bits per heavy atom. The quantitative estimate of drug-likeness (QED) is 0.745. The van der Waals surface area contributed by atoms with Gasteiger partial charge in [0.2, 0.25) is 5.91 Å². The van der Waals surface area contributed by atoms with Crippen LogP contribution in [0.3, 0.4) is 0 Å². The number of hydrogen-bond donors (Lipinski definition) is 1. The minimum absolute atomic E-state index is 0.274. The highest BCUT2D eigenvalue weighted by Gasteiger charge is 2.22. The fourth-order valence-corrected chi connectivity index (χ4v) is 2.58. The molecule has 1 atom stereocenters. The molecule has 1 N–H and O–H groups in total. The van der Waals surface area contributed by atoms with E-state index >= 15 is 0 Å². The average molecular weight is 255 g/mol. The zero-order valence-electron chi connectivity index (χ0n) is 12.2. The van der Waals surface area contributed by atoms with Crippen LogP contribution in [0.25, 0.3) is 0 Å². The second kappa shape index (κ2) is 8.48. The van der Waals surface area contributed by atoms with Crippen molar-refractivity contribution in [1.82, 2.24) is 15.1 Å². The Morgan fingerprint density at radius 2 is 2.06 bits per heavy atom. The molecule has 0 aromatic carbocycles. The molecule has 0 spiro atoms. The van der Waals surface area contributed by atoms with Crippen molar-refractivity contribution < 1.29 is 4.79 Å². The second-order valence-corrected chi connectivity index (χ2v) is 5.09. The second-order valence-electron chi connectivity index (χ2n) is 5.09. The first-order valence-electron chi connectivity index (χ1n) is 7.44. The molecule has 1 rings (SSSR count). The van der Waals surface area contributed by atoms with Gasteiger partial charge in [-0.3, -0.25) is 9.69 Å². The van der Waals surface area contributed by atoms with E-state index in [1.807, 2.05) is 18.7 Å². The molecular weight excluding hydrogens is 226 g/mol. The summed E-state index contributed by atoms with van der Waals surface area (Å²) in [6.45, 7) is 11.7. The minimum Gasteiger partial charge on any atom is -0.342 e. The molecule has 0 radical (unpaired) electrons. The SMILES string of the molecule is CCCNC1CCCN(CC(=O)N(CC)CC)C1. The van der Waals surface area contributed by atoms with E-state index in [1.54, 1.807) is 0 Å².